The monoisotopic (exact) mass is 248 g/mol. The van der Waals surface area contributed by atoms with Gasteiger partial charge in [0, 0.05) is 18.3 Å². The molecule has 1 aromatic rings. The Morgan fingerprint density at radius 1 is 1.44 bits per heavy atom. The molecule has 2 N–H and O–H groups in total. The third-order valence-corrected chi connectivity index (χ3v) is 3.16. The Morgan fingerprint density at radius 2 is 2.22 bits per heavy atom. The summed E-state index contributed by atoms with van der Waals surface area (Å²) >= 11 is 0. The van der Waals surface area contributed by atoms with Crippen molar-refractivity contribution in [1.82, 2.24) is 5.32 Å². The molecule has 1 fully saturated rings. The highest BCUT2D eigenvalue weighted by Crippen LogP contribution is 2.15. The molecule has 4 heteroatoms. The van der Waals surface area contributed by atoms with E-state index in [2.05, 4.69) is 17.6 Å². The lowest BCUT2D eigenvalue weighted by molar-refractivity contribution is -0.115. The first kappa shape index (κ1) is 13.1. The molecule has 0 unspecified atom stereocenters. The minimum atomic E-state index is -0.0222. The van der Waals surface area contributed by atoms with Crippen LogP contribution in [0.2, 0.25) is 0 Å². The van der Waals surface area contributed by atoms with E-state index in [0.717, 1.165) is 25.1 Å². The van der Waals surface area contributed by atoms with Crippen molar-refractivity contribution in [1.29, 1.82) is 0 Å². The van der Waals surface area contributed by atoms with Gasteiger partial charge in [0.1, 0.15) is 0 Å². The van der Waals surface area contributed by atoms with Gasteiger partial charge >= 0.3 is 0 Å². The molecule has 0 saturated carbocycles. The van der Waals surface area contributed by atoms with Crippen LogP contribution in [-0.4, -0.2) is 31.2 Å². The molecular weight excluding hydrogens is 228 g/mol. The van der Waals surface area contributed by atoms with Gasteiger partial charge in [-0.1, -0.05) is 18.2 Å². The largest absolute Gasteiger partial charge is 0.377 e. The van der Waals surface area contributed by atoms with Crippen molar-refractivity contribution in [3.05, 3.63) is 30.3 Å². The summed E-state index contributed by atoms with van der Waals surface area (Å²) in [6.07, 6.45) is 2.44. The number of carbonyl (C=O) groups excluding carboxylic acids is 1. The van der Waals surface area contributed by atoms with Gasteiger partial charge in [-0.25, -0.2) is 0 Å². The van der Waals surface area contributed by atoms with Crippen LogP contribution in [-0.2, 0) is 9.53 Å². The summed E-state index contributed by atoms with van der Waals surface area (Å²) in [6, 6.07) is 9.70. The number of para-hydroxylation sites is 1. The van der Waals surface area contributed by atoms with Crippen molar-refractivity contribution in [3.63, 3.8) is 0 Å². The number of benzene rings is 1. The number of hydrogen-bond donors (Lipinski definition) is 2. The minimum Gasteiger partial charge on any atom is -0.377 e. The molecule has 2 atom stereocenters. The molecular formula is C14H20N2O2. The van der Waals surface area contributed by atoms with Gasteiger partial charge in [0.15, 0.2) is 0 Å². The van der Waals surface area contributed by atoms with Gasteiger partial charge < -0.3 is 15.4 Å². The van der Waals surface area contributed by atoms with E-state index in [4.69, 9.17) is 4.74 Å². The molecule has 0 radical (unpaired) electrons. The predicted molar refractivity (Wildman–Crippen MR) is 71.5 cm³/mol. The summed E-state index contributed by atoms with van der Waals surface area (Å²) < 4.78 is 5.57. The van der Waals surface area contributed by atoms with Crippen molar-refractivity contribution < 1.29 is 9.53 Å². The average Bonchev–Trinajstić information content (AvgIpc) is 2.91. The molecule has 1 aliphatic heterocycles. The Kier molecular flexibility index (Phi) is 4.73. The van der Waals surface area contributed by atoms with Crippen LogP contribution >= 0.6 is 0 Å². The standard InChI is InChI=1S/C14H20N2O2/c1-11(13-8-5-9-18-13)15-10-14(17)16-12-6-3-2-4-7-12/h2-4,6-7,11,13,15H,5,8-10H2,1H3,(H,16,17)/t11-,13+/m1/s1. The zero-order chi connectivity index (χ0) is 12.8. The topological polar surface area (TPSA) is 50.4 Å². The van der Waals surface area contributed by atoms with Gasteiger partial charge in [-0.3, -0.25) is 4.79 Å². The Balaban J connectivity index is 1.71. The second kappa shape index (κ2) is 6.52. The van der Waals surface area contributed by atoms with Gasteiger partial charge in [0.2, 0.25) is 5.91 Å². The highest BCUT2D eigenvalue weighted by Gasteiger charge is 2.22. The van der Waals surface area contributed by atoms with E-state index in [1.54, 1.807) is 0 Å². The number of hydrogen-bond acceptors (Lipinski definition) is 3. The fraction of sp³-hybridized carbons (Fsp3) is 0.500. The van der Waals surface area contributed by atoms with Crippen LogP contribution in [0, 0.1) is 0 Å². The molecule has 2 rings (SSSR count). The fourth-order valence-electron chi connectivity index (χ4n) is 2.11. The average molecular weight is 248 g/mol. The maximum Gasteiger partial charge on any atom is 0.238 e. The zero-order valence-corrected chi connectivity index (χ0v) is 10.7. The van der Waals surface area contributed by atoms with Gasteiger partial charge in [-0.2, -0.15) is 0 Å². The molecule has 4 nitrogen and oxygen atoms in total. The van der Waals surface area contributed by atoms with Crippen molar-refractivity contribution >= 4 is 11.6 Å². The van der Waals surface area contributed by atoms with Gasteiger partial charge in [-0.05, 0) is 31.9 Å². The maximum atomic E-state index is 11.7. The number of carbonyl (C=O) groups is 1. The lowest BCUT2D eigenvalue weighted by atomic mass is 10.1. The Bertz CT molecular complexity index is 375. The highest BCUT2D eigenvalue weighted by molar-refractivity contribution is 5.92. The van der Waals surface area contributed by atoms with Gasteiger partial charge in [-0.15, -0.1) is 0 Å². The highest BCUT2D eigenvalue weighted by atomic mass is 16.5. The second-order valence-electron chi connectivity index (χ2n) is 4.64. The molecule has 0 spiro atoms. The van der Waals surface area contributed by atoms with E-state index in [1.165, 1.54) is 0 Å². The van der Waals surface area contributed by atoms with Crippen LogP contribution in [0.5, 0.6) is 0 Å². The zero-order valence-electron chi connectivity index (χ0n) is 10.7. The summed E-state index contributed by atoms with van der Waals surface area (Å²) in [5.74, 6) is -0.0222. The molecule has 98 valence electrons. The van der Waals surface area contributed by atoms with E-state index in [-0.39, 0.29) is 18.1 Å². The molecule has 1 saturated heterocycles. The number of amides is 1. The third kappa shape index (κ3) is 3.82. The molecule has 0 aromatic heterocycles. The molecule has 0 aliphatic carbocycles. The van der Waals surface area contributed by atoms with Crippen molar-refractivity contribution in [3.8, 4) is 0 Å². The SMILES string of the molecule is C[C@@H](NCC(=O)Nc1ccccc1)[C@@H]1CCCO1. The van der Waals surface area contributed by atoms with Gasteiger partial charge in [0.25, 0.3) is 0 Å². The Morgan fingerprint density at radius 3 is 2.89 bits per heavy atom. The lowest BCUT2D eigenvalue weighted by Gasteiger charge is -2.19. The maximum absolute atomic E-state index is 11.7. The van der Waals surface area contributed by atoms with Crippen LogP contribution < -0.4 is 10.6 Å². The first-order valence-corrected chi connectivity index (χ1v) is 6.45. The van der Waals surface area contributed by atoms with Crippen LogP contribution in [0.4, 0.5) is 5.69 Å². The lowest BCUT2D eigenvalue weighted by Crippen LogP contribution is -2.41. The van der Waals surface area contributed by atoms with Crippen molar-refractivity contribution in [2.45, 2.75) is 31.9 Å². The number of rotatable bonds is 5. The summed E-state index contributed by atoms with van der Waals surface area (Å²) in [5, 5.41) is 6.05. The van der Waals surface area contributed by atoms with Crippen molar-refractivity contribution in [2.75, 3.05) is 18.5 Å². The van der Waals surface area contributed by atoms with Crippen LogP contribution in [0.25, 0.3) is 0 Å². The van der Waals surface area contributed by atoms with E-state index < -0.39 is 0 Å². The number of ether oxygens (including phenoxy) is 1. The Hall–Kier alpha value is -1.39. The first-order valence-electron chi connectivity index (χ1n) is 6.45. The number of nitrogens with one attached hydrogen (secondary N) is 2. The molecule has 1 amide bonds. The van der Waals surface area contributed by atoms with E-state index in [0.29, 0.717) is 6.54 Å². The van der Waals surface area contributed by atoms with E-state index in [1.807, 2.05) is 30.3 Å². The Labute approximate surface area is 108 Å². The summed E-state index contributed by atoms with van der Waals surface area (Å²) in [5.41, 5.74) is 0.828. The third-order valence-electron chi connectivity index (χ3n) is 3.16. The van der Waals surface area contributed by atoms with Crippen LogP contribution in [0.3, 0.4) is 0 Å². The molecule has 1 aromatic carbocycles. The van der Waals surface area contributed by atoms with Gasteiger partial charge in [0.05, 0.1) is 12.6 Å². The summed E-state index contributed by atoms with van der Waals surface area (Å²) in [7, 11) is 0. The quantitative estimate of drug-likeness (QED) is 0.835. The number of anilines is 1. The van der Waals surface area contributed by atoms with Crippen LogP contribution in [0.15, 0.2) is 30.3 Å². The molecule has 18 heavy (non-hydrogen) atoms. The van der Waals surface area contributed by atoms with E-state index >= 15 is 0 Å². The predicted octanol–water partition coefficient (Wildman–Crippen LogP) is 1.78. The smallest absolute Gasteiger partial charge is 0.238 e. The normalized spacial score (nSPS) is 20.6. The van der Waals surface area contributed by atoms with Crippen LogP contribution in [0.1, 0.15) is 19.8 Å². The second-order valence-corrected chi connectivity index (χ2v) is 4.64. The summed E-state index contributed by atoms with van der Waals surface area (Å²) in [6.45, 7) is 3.22. The summed E-state index contributed by atoms with van der Waals surface area (Å²) in [4.78, 5) is 11.7. The first-order chi connectivity index (χ1) is 8.75. The van der Waals surface area contributed by atoms with Crippen molar-refractivity contribution in [2.24, 2.45) is 0 Å². The molecule has 1 heterocycles. The molecule has 1 aliphatic rings. The minimum absolute atomic E-state index is 0.0222. The fourth-order valence-corrected chi connectivity index (χ4v) is 2.11. The molecule has 0 bridgehead atoms. The van der Waals surface area contributed by atoms with E-state index in [9.17, 15) is 4.79 Å².